The zero-order valence-corrected chi connectivity index (χ0v) is 24.0. The van der Waals surface area contributed by atoms with Crippen molar-refractivity contribution in [3.05, 3.63) is 125 Å². The van der Waals surface area contributed by atoms with E-state index >= 15 is 0 Å². The molecule has 0 unspecified atom stereocenters. The Kier molecular flexibility index (Phi) is 8.19. The van der Waals surface area contributed by atoms with Crippen molar-refractivity contribution in [3.8, 4) is 11.5 Å². The first-order valence-electron chi connectivity index (χ1n) is 12.7. The number of rotatable bonds is 7. The second-order valence-electron chi connectivity index (χ2n) is 8.99. The maximum atomic E-state index is 13.8. The molecule has 0 bridgehead atoms. The number of fused-ring (bicyclic) bond motifs is 1. The molecule has 41 heavy (non-hydrogen) atoms. The summed E-state index contributed by atoms with van der Waals surface area (Å²) in [5.41, 5.74) is 2.16. The molecule has 1 aliphatic heterocycles. The van der Waals surface area contributed by atoms with Gasteiger partial charge in [0.25, 0.3) is 5.56 Å². The summed E-state index contributed by atoms with van der Waals surface area (Å²) in [7, 11) is 1.46. The molecule has 2 heterocycles. The molecule has 0 radical (unpaired) electrons. The van der Waals surface area contributed by atoms with E-state index in [9.17, 15) is 14.4 Å². The number of esters is 2. The average Bonchev–Trinajstić information content (AvgIpc) is 3.27. The van der Waals surface area contributed by atoms with Crippen LogP contribution in [0.1, 0.15) is 41.4 Å². The van der Waals surface area contributed by atoms with Crippen LogP contribution in [0.25, 0.3) is 6.08 Å². The lowest BCUT2D eigenvalue weighted by atomic mass is 9.96. The number of allylic oxidation sites excluding steroid dienone is 1. The van der Waals surface area contributed by atoms with Crippen molar-refractivity contribution in [1.29, 1.82) is 0 Å². The normalized spacial score (nSPS) is 14.7. The van der Waals surface area contributed by atoms with Gasteiger partial charge in [-0.1, -0.05) is 71.5 Å². The van der Waals surface area contributed by atoms with Crippen molar-refractivity contribution in [1.82, 2.24) is 4.57 Å². The molecular formula is C31H25ClN2O6S. The van der Waals surface area contributed by atoms with Crippen LogP contribution in [0.3, 0.4) is 0 Å². The molecule has 0 amide bonds. The summed E-state index contributed by atoms with van der Waals surface area (Å²) < 4.78 is 18.3. The van der Waals surface area contributed by atoms with Crippen LogP contribution in [0.4, 0.5) is 0 Å². The Morgan fingerprint density at radius 2 is 1.76 bits per heavy atom. The molecule has 3 aromatic carbocycles. The van der Waals surface area contributed by atoms with Crippen LogP contribution >= 0.6 is 22.9 Å². The summed E-state index contributed by atoms with van der Waals surface area (Å²) in [5, 5.41) is 0.276. The lowest BCUT2D eigenvalue weighted by Gasteiger charge is -2.24. The number of ether oxygens (including phenoxy) is 3. The van der Waals surface area contributed by atoms with Crippen molar-refractivity contribution in [2.75, 3.05) is 13.7 Å². The Balaban J connectivity index is 1.55. The zero-order chi connectivity index (χ0) is 29.1. The summed E-state index contributed by atoms with van der Waals surface area (Å²) in [4.78, 5) is 44.5. The maximum Gasteiger partial charge on any atom is 0.345 e. The van der Waals surface area contributed by atoms with Crippen LogP contribution in [0, 0.1) is 0 Å². The number of hydrogen-bond donors (Lipinski definition) is 0. The van der Waals surface area contributed by atoms with Gasteiger partial charge in [0.15, 0.2) is 16.3 Å². The number of nitrogens with zero attached hydrogens (tertiary/aromatic N) is 2. The molecule has 1 atom stereocenters. The second-order valence-corrected chi connectivity index (χ2v) is 10.4. The molecule has 1 aliphatic rings. The number of carbonyl (C=O) groups excluding carboxylic acids is 2. The Hall–Kier alpha value is -4.47. The van der Waals surface area contributed by atoms with Gasteiger partial charge in [-0.15, -0.1) is 0 Å². The van der Waals surface area contributed by atoms with Crippen LogP contribution in [0.15, 0.2) is 93.9 Å². The van der Waals surface area contributed by atoms with Crippen LogP contribution in [0.2, 0.25) is 5.02 Å². The van der Waals surface area contributed by atoms with Crippen LogP contribution in [0.5, 0.6) is 11.5 Å². The largest absolute Gasteiger partial charge is 0.493 e. The highest BCUT2D eigenvalue weighted by Gasteiger charge is 2.33. The molecule has 10 heteroatoms. The first-order valence-corrected chi connectivity index (χ1v) is 13.9. The van der Waals surface area contributed by atoms with E-state index in [2.05, 4.69) is 4.99 Å². The molecule has 0 fully saturated rings. The minimum atomic E-state index is -0.685. The summed E-state index contributed by atoms with van der Waals surface area (Å²) in [5.74, 6) is -0.628. The maximum absolute atomic E-state index is 13.8. The average molecular weight is 589 g/mol. The van der Waals surface area contributed by atoms with Crippen molar-refractivity contribution in [3.63, 3.8) is 0 Å². The van der Waals surface area contributed by atoms with Crippen molar-refractivity contribution >= 4 is 41.0 Å². The number of thiazole rings is 1. The first kappa shape index (κ1) is 28.1. The molecule has 1 aromatic heterocycles. The lowest BCUT2D eigenvalue weighted by Crippen LogP contribution is -2.39. The predicted octanol–water partition coefficient (Wildman–Crippen LogP) is 4.68. The number of aromatic nitrogens is 1. The quantitative estimate of drug-likeness (QED) is 0.230. The molecule has 0 saturated heterocycles. The highest BCUT2D eigenvalue weighted by Crippen LogP contribution is 2.31. The number of hydrogen-bond acceptors (Lipinski definition) is 8. The molecule has 0 spiro atoms. The molecule has 208 valence electrons. The van der Waals surface area contributed by atoms with Gasteiger partial charge in [-0.25, -0.2) is 14.6 Å². The van der Waals surface area contributed by atoms with Gasteiger partial charge in [0.2, 0.25) is 0 Å². The fraction of sp³-hybridized carbons (Fsp3) is 0.161. The minimum absolute atomic E-state index is 0.201. The van der Waals surface area contributed by atoms with E-state index in [0.29, 0.717) is 31.9 Å². The molecule has 4 aromatic rings. The number of carbonyl (C=O) groups is 2. The SMILES string of the molecule is CCOC(=O)C1=C(C)N=c2s/c(=C/c3ccc(OC(=O)c4ccccc4Cl)c(OC)c3)c(=O)n2[C@H]1c1ccccc1. The number of benzene rings is 3. The Morgan fingerprint density at radius 3 is 2.46 bits per heavy atom. The number of halogens is 1. The van der Waals surface area contributed by atoms with Gasteiger partial charge in [-0.2, -0.15) is 0 Å². The summed E-state index contributed by atoms with van der Waals surface area (Å²) in [6.07, 6.45) is 1.71. The van der Waals surface area contributed by atoms with Gasteiger partial charge in [0.1, 0.15) is 0 Å². The van der Waals surface area contributed by atoms with E-state index in [0.717, 1.165) is 5.56 Å². The van der Waals surface area contributed by atoms with Gasteiger partial charge in [0, 0.05) is 0 Å². The standard InChI is InChI=1S/C31H25ClN2O6S/c1-4-39-30(37)26-18(2)33-31-34(27(26)20-10-6-5-7-11-20)28(35)25(41-31)17-19-14-15-23(24(16-19)38-3)40-29(36)21-12-8-9-13-22(21)32/h5-17,27H,4H2,1-3H3/b25-17+/t27-/m0/s1. The minimum Gasteiger partial charge on any atom is -0.493 e. The first-order chi connectivity index (χ1) is 19.8. The van der Waals surface area contributed by atoms with E-state index in [1.54, 1.807) is 62.4 Å². The van der Waals surface area contributed by atoms with Crippen LogP contribution in [-0.4, -0.2) is 30.2 Å². The van der Waals surface area contributed by atoms with Crippen LogP contribution in [-0.2, 0) is 9.53 Å². The summed E-state index contributed by atoms with van der Waals surface area (Å²) in [6.45, 7) is 3.68. The monoisotopic (exact) mass is 588 g/mol. The fourth-order valence-corrected chi connectivity index (χ4v) is 5.79. The molecule has 5 rings (SSSR count). The zero-order valence-electron chi connectivity index (χ0n) is 22.4. The molecule has 0 saturated carbocycles. The molecule has 8 nitrogen and oxygen atoms in total. The third kappa shape index (κ3) is 5.59. The Morgan fingerprint density at radius 1 is 1.02 bits per heavy atom. The van der Waals surface area contributed by atoms with E-state index < -0.39 is 18.0 Å². The topological polar surface area (TPSA) is 96.2 Å². The second kappa shape index (κ2) is 12.0. The van der Waals surface area contributed by atoms with E-state index in [-0.39, 0.29) is 28.5 Å². The van der Waals surface area contributed by atoms with Gasteiger partial charge in [-0.05, 0) is 55.3 Å². The van der Waals surface area contributed by atoms with Crippen molar-refractivity contribution in [2.45, 2.75) is 19.9 Å². The lowest BCUT2D eigenvalue weighted by molar-refractivity contribution is -0.139. The summed E-state index contributed by atoms with van der Waals surface area (Å²) >= 11 is 7.34. The van der Waals surface area contributed by atoms with Gasteiger partial charge >= 0.3 is 11.9 Å². The molecule has 0 N–H and O–H groups in total. The number of methoxy groups -OCH3 is 1. The molecular weight excluding hydrogens is 564 g/mol. The van der Waals surface area contributed by atoms with Gasteiger partial charge in [-0.3, -0.25) is 9.36 Å². The highest BCUT2D eigenvalue weighted by molar-refractivity contribution is 7.07. The third-order valence-corrected chi connectivity index (χ3v) is 7.73. The van der Waals surface area contributed by atoms with Crippen molar-refractivity contribution in [2.24, 2.45) is 4.99 Å². The van der Waals surface area contributed by atoms with Gasteiger partial charge < -0.3 is 14.2 Å². The van der Waals surface area contributed by atoms with E-state index in [1.165, 1.54) is 23.0 Å². The van der Waals surface area contributed by atoms with Gasteiger partial charge in [0.05, 0.1) is 46.1 Å². The highest BCUT2D eigenvalue weighted by atomic mass is 35.5. The Labute approximate surface area is 244 Å². The van der Waals surface area contributed by atoms with Crippen molar-refractivity contribution < 1.29 is 23.8 Å². The summed E-state index contributed by atoms with van der Waals surface area (Å²) in [6, 6.07) is 20.2. The van der Waals surface area contributed by atoms with Crippen LogP contribution < -0.4 is 24.4 Å². The predicted molar refractivity (Wildman–Crippen MR) is 156 cm³/mol. The molecule has 0 aliphatic carbocycles. The smallest absolute Gasteiger partial charge is 0.345 e. The van der Waals surface area contributed by atoms with E-state index in [1.807, 2.05) is 30.3 Å². The third-order valence-electron chi connectivity index (χ3n) is 6.41. The Bertz CT molecular complexity index is 1860. The fourth-order valence-electron chi connectivity index (χ4n) is 4.53. The van der Waals surface area contributed by atoms with E-state index in [4.69, 9.17) is 25.8 Å².